The fourth-order valence-corrected chi connectivity index (χ4v) is 3.79. The minimum atomic E-state index is -0.319. The molecule has 1 aliphatic rings. The van der Waals surface area contributed by atoms with E-state index in [2.05, 4.69) is 4.98 Å². The zero-order valence-electron chi connectivity index (χ0n) is 12.8. The third-order valence-corrected chi connectivity index (χ3v) is 4.99. The third kappa shape index (κ3) is 2.63. The molecule has 3 heterocycles. The van der Waals surface area contributed by atoms with Crippen molar-refractivity contribution in [3.05, 3.63) is 69.8 Å². The summed E-state index contributed by atoms with van der Waals surface area (Å²) in [6.07, 6.45) is 1.89. The van der Waals surface area contributed by atoms with Gasteiger partial charge in [0.1, 0.15) is 24.6 Å². The van der Waals surface area contributed by atoms with Gasteiger partial charge in [0.2, 0.25) is 0 Å². The summed E-state index contributed by atoms with van der Waals surface area (Å²) in [5.41, 5.74) is 2.18. The van der Waals surface area contributed by atoms with E-state index < -0.39 is 0 Å². The van der Waals surface area contributed by atoms with Crippen molar-refractivity contribution in [1.82, 2.24) is 4.98 Å². The standard InChI is InChI=1S/C17H15N4O2S/c22-21(23)15-7-4-8-19-9-10-20(17(15)19)11-14-12-24-16(18-14)13-5-2-1-3-6-13/h1-8,12H,9-11H2/q+1. The molecule has 0 unspecified atom stereocenters. The van der Waals surface area contributed by atoms with Crippen LogP contribution in [0.2, 0.25) is 0 Å². The zero-order chi connectivity index (χ0) is 16.5. The number of pyridine rings is 1. The molecule has 0 saturated heterocycles. The van der Waals surface area contributed by atoms with Gasteiger partial charge in [-0.15, -0.1) is 11.3 Å². The number of hydrogen-bond acceptors (Lipinski definition) is 5. The Morgan fingerprint density at radius 3 is 2.88 bits per heavy atom. The van der Waals surface area contributed by atoms with Gasteiger partial charge in [0.15, 0.2) is 0 Å². The van der Waals surface area contributed by atoms with Crippen LogP contribution in [0.1, 0.15) is 5.69 Å². The summed E-state index contributed by atoms with van der Waals surface area (Å²) in [6.45, 7) is 2.09. The van der Waals surface area contributed by atoms with Crippen LogP contribution in [0.25, 0.3) is 10.6 Å². The molecule has 0 N–H and O–H groups in total. The number of aromatic nitrogens is 2. The lowest BCUT2D eigenvalue weighted by molar-refractivity contribution is -0.673. The molecule has 24 heavy (non-hydrogen) atoms. The summed E-state index contributed by atoms with van der Waals surface area (Å²) in [7, 11) is 0. The van der Waals surface area contributed by atoms with Crippen molar-refractivity contribution < 1.29 is 9.49 Å². The van der Waals surface area contributed by atoms with Gasteiger partial charge in [-0.05, 0) is 6.07 Å². The van der Waals surface area contributed by atoms with Crippen LogP contribution < -0.4 is 9.47 Å². The second-order valence-corrected chi connectivity index (χ2v) is 6.46. The summed E-state index contributed by atoms with van der Waals surface area (Å²) in [4.78, 5) is 17.7. The van der Waals surface area contributed by atoms with Crippen molar-refractivity contribution in [2.45, 2.75) is 13.1 Å². The Balaban J connectivity index is 1.61. The molecular weight excluding hydrogens is 324 g/mol. The number of nitro groups is 1. The molecule has 6 nitrogen and oxygen atoms in total. The molecule has 7 heteroatoms. The first-order valence-corrected chi connectivity index (χ1v) is 8.52. The van der Waals surface area contributed by atoms with Crippen LogP contribution in [0.4, 0.5) is 11.5 Å². The van der Waals surface area contributed by atoms with Gasteiger partial charge in [-0.25, -0.2) is 14.5 Å². The molecule has 4 rings (SSSR count). The van der Waals surface area contributed by atoms with E-state index in [1.54, 1.807) is 23.5 Å². The first kappa shape index (κ1) is 14.8. The van der Waals surface area contributed by atoms with E-state index in [-0.39, 0.29) is 10.6 Å². The first-order chi connectivity index (χ1) is 11.7. The highest BCUT2D eigenvalue weighted by atomic mass is 32.1. The SMILES string of the molecule is O=[N+]([O-])c1ccc[n+]2c1N(Cc1csc(-c3ccccc3)n1)CC2. The fourth-order valence-electron chi connectivity index (χ4n) is 2.97. The summed E-state index contributed by atoms with van der Waals surface area (Å²) in [5.74, 6) is 0.664. The Hall–Kier alpha value is -2.80. The van der Waals surface area contributed by atoms with Crippen molar-refractivity contribution in [3.63, 3.8) is 0 Å². The number of benzene rings is 1. The molecule has 0 fully saturated rings. The van der Waals surface area contributed by atoms with E-state index in [4.69, 9.17) is 0 Å². The van der Waals surface area contributed by atoms with Crippen molar-refractivity contribution >= 4 is 22.8 Å². The second kappa shape index (κ2) is 6.01. The number of thiazole rings is 1. The molecule has 0 amide bonds. The van der Waals surface area contributed by atoms with E-state index in [1.165, 1.54) is 0 Å². The maximum atomic E-state index is 11.3. The third-order valence-electron chi connectivity index (χ3n) is 4.05. The predicted octanol–water partition coefficient (Wildman–Crippen LogP) is 3.03. The largest absolute Gasteiger partial charge is 0.357 e. The zero-order valence-corrected chi connectivity index (χ0v) is 13.6. The maximum Gasteiger partial charge on any atom is 0.357 e. The van der Waals surface area contributed by atoms with Crippen LogP contribution in [0.5, 0.6) is 0 Å². The fraction of sp³-hybridized carbons (Fsp3) is 0.176. The van der Waals surface area contributed by atoms with E-state index >= 15 is 0 Å². The first-order valence-electron chi connectivity index (χ1n) is 7.64. The number of hydrogen-bond donors (Lipinski definition) is 0. The summed E-state index contributed by atoms with van der Waals surface area (Å²) in [5, 5.41) is 14.3. The van der Waals surface area contributed by atoms with E-state index in [0.29, 0.717) is 12.4 Å². The molecule has 0 radical (unpaired) electrons. The van der Waals surface area contributed by atoms with Gasteiger partial charge in [0.25, 0.3) is 0 Å². The van der Waals surface area contributed by atoms with E-state index in [0.717, 1.165) is 29.4 Å². The maximum absolute atomic E-state index is 11.3. The molecule has 1 aliphatic heterocycles. The minimum Gasteiger partial charge on any atom is -0.258 e. The highest BCUT2D eigenvalue weighted by Gasteiger charge is 2.36. The minimum absolute atomic E-state index is 0.147. The quantitative estimate of drug-likeness (QED) is 0.416. The predicted molar refractivity (Wildman–Crippen MR) is 91.9 cm³/mol. The summed E-state index contributed by atoms with van der Waals surface area (Å²) < 4.78 is 1.93. The van der Waals surface area contributed by atoms with Crippen molar-refractivity contribution in [2.24, 2.45) is 0 Å². The highest BCUT2D eigenvalue weighted by Crippen LogP contribution is 2.29. The van der Waals surface area contributed by atoms with Crippen LogP contribution in [-0.2, 0) is 13.1 Å². The normalized spacial score (nSPS) is 13.1. The summed E-state index contributed by atoms with van der Waals surface area (Å²) in [6, 6.07) is 13.3. The summed E-state index contributed by atoms with van der Waals surface area (Å²) >= 11 is 1.60. The van der Waals surface area contributed by atoms with Gasteiger partial charge in [-0.2, -0.15) is 0 Å². The van der Waals surface area contributed by atoms with Gasteiger partial charge >= 0.3 is 11.5 Å². The lowest BCUT2D eigenvalue weighted by atomic mass is 10.2. The lowest BCUT2D eigenvalue weighted by Gasteiger charge is -2.08. The van der Waals surface area contributed by atoms with Crippen molar-refractivity contribution in [2.75, 3.05) is 11.4 Å². The molecule has 0 aliphatic carbocycles. The molecule has 120 valence electrons. The van der Waals surface area contributed by atoms with Gasteiger partial charge in [0.05, 0.1) is 16.8 Å². The number of rotatable bonds is 4. The highest BCUT2D eigenvalue weighted by molar-refractivity contribution is 7.13. The van der Waals surface area contributed by atoms with Gasteiger partial charge in [0, 0.05) is 17.0 Å². The van der Waals surface area contributed by atoms with Gasteiger partial charge in [-0.1, -0.05) is 30.3 Å². The molecule has 0 spiro atoms. The number of nitrogens with zero attached hydrogens (tertiary/aromatic N) is 4. The monoisotopic (exact) mass is 339 g/mol. The van der Waals surface area contributed by atoms with Crippen LogP contribution >= 0.6 is 11.3 Å². The lowest BCUT2D eigenvalue weighted by Crippen LogP contribution is -2.31. The topological polar surface area (TPSA) is 63.2 Å². The smallest absolute Gasteiger partial charge is 0.258 e. The average Bonchev–Trinajstić information content (AvgIpc) is 3.23. The van der Waals surface area contributed by atoms with Gasteiger partial charge in [-0.3, -0.25) is 10.1 Å². The van der Waals surface area contributed by atoms with E-state index in [9.17, 15) is 10.1 Å². The Labute approximate surface area is 142 Å². The Morgan fingerprint density at radius 2 is 2.08 bits per heavy atom. The molecule has 1 aromatic carbocycles. The number of anilines is 1. The second-order valence-electron chi connectivity index (χ2n) is 5.60. The van der Waals surface area contributed by atoms with Gasteiger partial charge < -0.3 is 0 Å². The van der Waals surface area contributed by atoms with Crippen molar-refractivity contribution in [3.8, 4) is 10.6 Å². The molecule has 2 aromatic heterocycles. The van der Waals surface area contributed by atoms with Crippen LogP contribution in [-0.4, -0.2) is 16.5 Å². The molecular formula is C17H15N4O2S+. The Kier molecular flexibility index (Phi) is 3.70. The molecule has 3 aromatic rings. The average molecular weight is 339 g/mol. The number of fused-ring (bicyclic) bond motifs is 1. The molecule has 0 saturated carbocycles. The van der Waals surface area contributed by atoms with Crippen LogP contribution in [0.15, 0.2) is 54.0 Å². The molecule has 0 bridgehead atoms. The van der Waals surface area contributed by atoms with Crippen LogP contribution in [0.3, 0.4) is 0 Å². The van der Waals surface area contributed by atoms with E-state index in [1.807, 2.05) is 51.4 Å². The van der Waals surface area contributed by atoms with Crippen molar-refractivity contribution in [1.29, 1.82) is 0 Å². The van der Waals surface area contributed by atoms with Crippen LogP contribution in [0, 0.1) is 10.1 Å². The Morgan fingerprint density at radius 1 is 1.25 bits per heavy atom. The molecule has 0 atom stereocenters. The Bertz CT molecular complexity index is 895.